The fourth-order valence-electron chi connectivity index (χ4n) is 6.70. The number of nitrogens with zero attached hydrogens (tertiary/aromatic N) is 3. The second-order valence-electron chi connectivity index (χ2n) is 11.0. The number of ether oxygens (including phenoxy) is 1. The summed E-state index contributed by atoms with van der Waals surface area (Å²) in [5.41, 5.74) is -1.14. The Morgan fingerprint density at radius 2 is 1.89 bits per heavy atom. The summed E-state index contributed by atoms with van der Waals surface area (Å²) in [5.74, 6) is -2.21. The number of carbonyl (C=O) groups is 3. The highest BCUT2D eigenvalue weighted by Gasteiger charge is 2.77. The zero-order chi connectivity index (χ0) is 27.7. The molecule has 1 spiro atoms. The van der Waals surface area contributed by atoms with E-state index < -0.39 is 35.6 Å². The van der Waals surface area contributed by atoms with Gasteiger partial charge in [0.15, 0.2) is 0 Å². The topological polar surface area (TPSA) is 90.4 Å². The lowest BCUT2D eigenvalue weighted by atomic mass is 9.70. The average molecular weight is 583 g/mol. The van der Waals surface area contributed by atoms with Crippen molar-refractivity contribution in [1.29, 1.82) is 0 Å². The number of alkyl halides is 1. The van der Waals surface area contributed by atoms with Crippen LogP contribution in [0.3, 0.4) is 0 Å². The van der Waals surface area contributed by atoms with E-state index in [1.165, 1.54) is 0 Å². The highest BCUT2D eigenvalue weighted by Crippen LogP contribution is 2.61. The zero-order valence-electron chi connectivity index (χ0n) is 22.9. The Morgan fingerprint density at radius 3 is 2.43 bits per heavy atom. The first-order valence-electron chi connectivity index (χ1n) is 13.6. The van der Waals surface area contributed by atoms with Crippen LogP contribution in [0, 0.1) is 17.8 Å². The van der Waals surface area contributed by atoms with E-state index in [2.05, 4.69) is 36.0 Å². The second kappa shape index (κ2) is 12.0. The number of rotatable bonds is 13. The third-order valence-electron chi connectivity index (χ3n) is 8.72. The lowest BCUT2D eigenvalue weighted by Crippen LogP contribution is -2.61. The summed E-state index contributed by atoms with van der Waals surface area (Å²) in [6.45, 7) is 16.1. The van der Waals surface area contributed by atoms with Crippen molar-refractivity contribution in [1.82, 2.24) is 14.7 Å². The van der Waals surface area contributed by atoms with Gasteiger partial charge < -0.3 is 24.5 Å². The number of carbonyl (C=O) groups excluding carboxylic acids is 3. The van der Waals surface area contributed by atoms with Gasteiger partial charge in [-0.15, -0.1) is 13.2 Å². The Labute approximate surface area is 230 Å². The van der Waals surface area contributed by atoms with E-state index in [1.54, 1.807) is 33.9 Å². The van der Waals surface area contributed by atoms with Crippen LogP contribution in [0.1, 0.15) is 53.4 Å². The van der Waals surface area contributed by atoms with Gasteiger partial charge in [0.25, 0.3) is 0 Å². The SMILES string of the molecule is C=CCN(C)C(=O)[C@H]1[C@H]2C(=O)N([C@@H](CO)[C@@H](C)CC)C(C(=O)N(CC=C)C(C)CCC)C23CC(Br)[C@@H]1O3. The molecule has 0 aromatic rings. The van der Waals surface area contributed by atoms with Crippen LogP contribution in [0.15, 0.2) is 25.3 Å². The molecule has 2 bridgehead atoms. The number of aliphatic hydroxyl groups excluding tert-OH is 1. The molecule has 3 fully saturated rings. The lowest BCUT2D eigenvalue weighted by molar-refractivity contribution is -0.154. The fourth-order valence-corrected chi connectivity index (χ4v) is 7.64. The molecular weight excluding hydrogens is 538 g/mol. The monoisotopic (exact) mass is 581 g/mol. The molecule has 1 N–H and O–H groups in total. The highest BCUT2D eigenvalue weighted by atomic mass is 79.9. The van der Waals surface area contributed by atoms with Crippen molar-refractivity contribution >= 4 is 33.7 Å². The van der Waals surface area contributed by atoms with Crippen molar-refractivity contribution in [2.45, 2.75) is 88.0 Å². The number of aliphatic hydroxyl groups is 1. The second-order valence-corrected chi connectivity index (χ2v) is 12.1. The predicted octanol–water partition coefficient (Wildman–Crippen LogP) is 2.99. The van der Waals surface area contributed by atoms with Crippen LogP contribution in [0.2, 0.25) is 0 Å². The van der Waals surface area contributed by atoms with E-state index in [1.807, 2.05) is 20.8 Å². The zero-order valence-corrected chi connectivity index (χ0v) is 24.5. The largest absolute Gasteiger partial charge is 0.394 e. The van der Waals surface area contributed by atoms with Crippen molar-refractivity contribution < 1.29 is 24.2 Å². The normalized spacial score (nSPS) is 32.6. The van der Waals surface area contributed by atoms with E-state index in [0.717, 1.165) is 19.3 Å². The van der Waals surface area contributed by atoms with Crippen LogP contribution in [-0.2, 0) is 19.1 Å². The van der Waals surface area contributed by atoms with E-state index >= 15 is 0 Å². The fraction of sp³-hybridized carbons (Fsp3) is 0.750. The lowest BCUT2D eigenvalue weighted by Gasteiger charge is -2.42. The number of likely N-dealkylation sites (tertiary alicyclic amines) is 1. The van der Waals surface area contributed by atoms with E-state index in [9.17, 15) is 19.5 Å². The standard InChI is InChI=1S/C28H44BrN3O5/c1-8-12-18(6)31(14-10-3)27(36)24-28-15-19(29)23(37-28)21(25(34)30(7)13-9-2)22(28)26(35)32(24)20(16-33)17(5)11-4/h9-10,17-24,33H,2-3,8,11-16H2,1,4-7H3/t17-,18?,19?,20-,21-,22-,23-,24?,28?/m0/s1. The maximum Gasteiger partial charge on any atom is 0.248 e. The Balaban J connectivity index is 2.16. The van der Waals surface area contributed by atoms with Gasteiger partial charge in [-0.05, 0) is 25.7 Å². The molecule has 3 heterocycles. The van der Waals surface area contributed by atoms with Gasteiger partial charge in [-0.25, -0.2) is 0 Å². The summed E-state index contributed by atoms with van der Waals surface area (Å²) in [6.07, 6.45) is 5.73. The molecule has 3 rings (SSSR count). The number of hydrogen-bond donors (Lipinski definition) is 1. The Bertz CT molecular complexity index is 899. The first-order valence-corrected chi connectivity index (χ1v) is 14.5. The third kappa shape index (κ3) is 4.91. The van der Waals surface area contributed by atoms with Crippen LogP contribution in [-0.4, -0.2) is 98.9 Å². The maximum absolute atomic E-state index is 14.5. The number of fused-ring (bicyclic) bond motifs is 1. The van der Waals surface area contributed by atoms with Crippen LogP contribution >= 0.6 is 15.9 Å². The third-order valence-corrected chi connectivity index (χ3v) is 9.56. The summed E-state index contributed by atoms with van der Waals surface area (Å²) in [6, 6.07) is -1.55. The van der Waals surface area contributed by atoms with E-state index in [-0.39, 0.29) is 41.1 Å². The van der Waals surface area contributed by atoms with Crippen molar-refractivity contribution in [2.24, 2.45) is 17.8 Å². The van der Waals surface area contributed by atoms with Gasteiger partial charge in [0, 0.05) is 31.0 Å². The van der Waals surface area contributed by atoms with Crippen LogP contribution in [0.5, 0.6) is 0 Å². The number of amides is 3. The van der Waals surface area contributed by atoms with Crippen LogP contribution < -0.4 is 0 Å². The molecule has 3 aliphatic heterocycles. The Hall–Kier alpha value is -1.71. The summed E-state index contributed by atoms with van der Waals surface area (Å²) >= 11 is 3.72. The molecule has 208 valence electrons. The van der Waals surface area contributed by atoms with Gasteiger partial charge in [0.05, 0.1) is 30.6 Å². The molecule has 3 saturated heterocycles. The van der Waals surface area contributed by atoms with Crippen molar-refractivity contribution in [3.8, 4) is 0 Å². The van der Waals surface area contributed by atoms with Crippen molar-refractivity contribution in [3.63, 3.8) is 0 Å². The van der Waals surface area contributed by atoms with Gasteiger partial charge in [-0.3, -0.25) is 14.4 Å². The van der Waals surface area contributed by atoms with Gasteiger partial charge in [-0.1, -0.05) is 61.7 Å². The molecule has 9 atom stereocenters. The number of halogens is 1. The molecule has 0 aliphatic carbocycles. The number of likely N-dealkylation sites (N-methyl/N-ethyl adjacent to an activating group) is 1. The molecule has 37 heavy (non-hydrogen) atoms. The highest BCUT2D eigenvalue weighted by molar-refractivity contribution is 9.09. The molecule has 0 radical (unpaired) electrons. The summed E-state index contributed by atoms with van der Waals surface area (Å²) in [4.78, 5) is 47.2. The molecule has 3 aliphatic rings. The molecule has 0 saturated carbocycles. The van der Waals surface area contributed by atoms with Crippen molar-refractivity contribution in [3.05, 3.63) is 25.3 Å². The predicted molar refractivity (Wildman–Crippen MR) is 147 cm³/mol. The number of hydrogen-bond acceptors (Lipinski definition) is 5. The average Bonchev–Trinajstić information content (AvgIpc) is 3.46. The van der Waals surface area contributed by atoms with E-state index in [0.29, 0.717) is 19.5 Å². The maximum atomic E-state index is 14.5. The molecule has 0 aromatic carbocycles. The summed E-state index contributed by atoms with van der Waals surface area (Å²) in [5, 5.41) is 10.5. The summed E-state index contributed by atoms with van der Waals surface area (Å²) in [7, 11) is 1.69. The van der Waals surface area contributed by atoms with Gasteiger partial charge >= 0.3 is 0 Å². The molecule has 9 heteroatoms. The molecule has 8 nitrogen and oxygen atoms in total. The Kier molecular flexibility index (Phi) is 9.67. The van der Waals surface area contributed by atoms with E-state index in [4.69, 9.17) is 4.74 Å². The van der Waals surface area contributed by atoms with Gasteiger partial charge in [0.1, 0.15) is 11.6 Å². The van der Waals surface area contributed by atoms with Gasteiger partial charge in [-0.2, -0.15) is 0 Å². The van der Waals surface area contributed by atoms with Crippen LogP contribution in [0.4, 0.5) is 0 Å². The molecular formula is C28H44BrN3O5. The molecule has 3 amide bonds. The first kappa shape index (κ1) is 29.8. The minimum atomic E-state index is -1.14. The van der Waals surface area contributed by atoms with Crippen LogP contribution in [0.25, 0.3) is 0 Å². The smallest absolute Gasteiger partial charge is 0.248 e. The van der Waals surface area contributed by atoms with Crippen molar-refractivity contribution in [2.75, 3.05) is 26.7 Å². The quantitative estimate of drug-likeness (QED) is 0.267. The van der Waals surface area contributed by atoms with Gasteiger partial charge in [0.2, 0.25) is 17.7 Å². The molecule has 4 unspecified atom stereocenters. The summed E-state index contributed by atoms with van der Waals surface area (Å²) < 4.78 is 6.63. The minimum absolute atomic E-state index is 0.0463. The Morgan fingerprint density at radius 1 is 1.24 bits per heavy atom. The molecule has 0 aromatic heterocycles. The first-order chi connectivity index (χ1) is 17.6. The minimum Gasteiger partial charge on any atom is -0.394 e.